The summed E-state index contributed by atoms with van der Waals surface area (Å²) in [6.45, 7) is 1.06. The molecule has 0 N–H and O–H groups in total. The lowest BCUT2D eigenvalue weighted by Crippen LogP contribution is -2.01. The number of carbonyl (C=O) groups excluding carboxylic acids is 1. The Morgan fingerprint density at radius 2 is 1.69 bits per heavy atom. The maximum atomic E-state index is 13.0. The summed E-state index contributed by atoms with van der Waals surface area (Å²) < 4.78 is 38.2. The van der Waals surface area contributed by atoms with Crippen molar-refractivity contribution in [2.45, 2.75) is 6.92 Å². The van der Waals surface area contributed by atoms with Gasteiger partial charge in [0.2, 0.25) is 0 Å². The first-order valence-corrected chi connectivity index (χ1v) is 4.07. The zero-order valence-corrected chi connectivity index (χ0v) is 8.08. The van der Waals surface area contributed by atoms with Crippen LogP contribution in [-0.4, -0.2) is 6.29 Å². The zero-order chi connectivity index (χ0) is 10.2. The summed E-state index contributed by atoms with van der Waals surface area (Å²) in [5.74, 6) is -3.57. The molecule has 5 heteroatoms. The van der Waals surface area contributed by atoms with Gasteiger partial charge in [0.25, 0.3) is 0 Å². The van der Waals surface area contributed by atoms with Crippen LogP contribution in [0.15, 0.2) is 4.47 Å². The van der Waals surface area contributed by atoms with Gasteiger partial charge in [-0.2, -0.15) is 0 Å². The number of benzene rings is 1. The van der Waals surface area contributed by atoms with E-state index in [1.54, 1.807) is 0 Å². The van der Waals surface area contributed by atoms with E-state index in [1.165, 1.54) is 0 Å². The van der Waals surface area contributed by atoms with Crippen LogP contribution in [-0.2, 0) is 0 Å². The predicted molar refractivity (Wildman–Crippen MR) is 44.1 cm³/mol. The van der Waals surface area contributed by atoms with Gasteiger partial charge in [-0.05, 0) is 22.9 Å². The highest BCUT2D eigenvalue weighted by molar-refractivity contribution is 9.10. The van der Waals surface area contributed by atoms with Crippen LogP contribution >= 0.6 is 15.9 Å². The zero-order valence-electron chi connectivity index (χ0n) is 6.50. The number of carbonyl (C=O) groups is 1. The van der Waals surface area contributed by atoms with Gasteiger partial charge in [0.05, 0.1) is 10.0 Å². The summed E-state index contributed by atoms with van der Waals surface area (Å²) in [5, 5.41) is 0. The van der Waals surface area contributed by atoms with E-state index in [2.05, 4.69) is 15.9 Å². The molecule has 0 aliphatic rings. The van der Waals surface area contributed by atoms with Crippen molar-refractivity contribution in [3.8, 4) is 0 Å². The molecule has 0 spiro atoms. The van der Waals surface area contributed by atoms with Gasteiger partial charge < -0.3 is 0 Å². The van der Waals surface area contributed by atoms with Crippen LogP contribution in [0.4, 0.5) is 13.2 Å². The Morgan fingerprint density at radius 3 is 2.15 bits per heavy atom. The molecule has 70 valence electrons. The van der Waals surface area contributed by atoms with E-state index in [4.69, 9.17) is 0 Å². The molecule has 1 nitrogen and oxygen atoms in total. The SMILES string of the molecule is Cc1c(F)c(F)c(Br)c(C=O)c1F. The Labute approximate surface area is 80.7 Å². The fourth-order valence-corrected chi connectivity index (χ4v) is 1.32. The molecule has 0 bridgehead atoms. The second kappa shape index (κ2) is 3.49. The Kier molecular flexibility index (Phi) is 2.75. The van der Waals surface area contributed by atoms with Crippen molar-refractivity contribution in [2.75, 3.05) is 0 Å². The molecule has 0 saturated carbocycles. The summed E-state index contributed by atoms with van der Waals surface area (Å²) in [5.41, 5.74) is -1.00. The smallest absolute Gasteiger partial charge is 0.174 e. The minimum absolute atomic E-state index is 0.134. The summed E-state index contributed by atoms with van der Waals surface area (Å²) in [7, 11) is 0. The fourth-order valence-electron chi connectivity index (χ4n) is 0.877. The quantitative estimate of drug-likeness (QED) is 0.427. The third kappa shape index (κ3) is 1.48. The largest absolute Gasteiger partial charge is 0.298 e. The monoisotopic (exact) mass is 252 g/mol. The molecule has 0 aliphatic carbocycles. The first kappa shape index (κ1) is 10.2. The Bertz CT molecular complexity index is 347. The molecule has 0 radical (unpaired) electrons. The molecule has 0 saturated heterocycles. The van der Waals surface area contributed by atoms with E-state index in [-0.39, 0.29) is 6.29 Å². The van der Waals surface area contributed by atoms with Crippen LogP contribution in [0.2, 0.25) is 0 Å². The lowest BCUT2D eigenvalue weighted by atomic mass is 10.1. The lowest BCUT2D eigenvalue weighted by molar-refractivity contribution is 0.111. The van der Waals surface area contributed by atoms with Crippen LogP contribution in [0.25, 0.3) is 0 Å². The van der Waals surface area contributed by atoms with E-state index in [1.807, 2.05) is 0 Å². The van der Waals surface area contributed by atoms with Crippen molar-refractivity contribution in [3.05, 3.63) is 33.1 Å². The van der Waals surface area contributed by atoms with Gasteiger partial charge in [-0.1, -0.05) is 0 Å². The minimum atomic E-state index is -1.28. The highest BCUT2D eigenvalue weighted by Crippen LogP contribution is 2.27. The van der Waals surface area contributed by atoms with E-state index in [0.717, 1.165) is 6.92 Å². The van der Waals surface area contributed by atoms with E-state index < -0.39 is 33.1 Å². The molecule has 0 atom stereocenters. The van der Waals surface area contributed by atoms with Crippen molar-refractivity contribution in [3.63, 3.8) is 0 Å². The van der Waals surface area contributed by atoms with Crippen molar-refractivity contribution in [1.29, 1.82) is 0 Å². The summed E-state index contributed by atoms with van der Waals surface area (Å²) >= 11 is 2.59. The third-order valence-corrected chi connectivity index (χ3v) is 2.41. The van der Waals surface area contributed by atoms with Gasteiger partial charge in [0, 0.05) is 5.56 Å². The molecular formula is C8H4BrF3O. The van der Waals surface area contributed by atoms with Crippen LogP contribution in [0.3, 0.4) is 0 Å². The number of hydrogen-bond donors (Lipinski definition) is 0. The van der Waals surface area contributed by atoms with Gasteiger partial charge in [0.1, 0.15) is 5.82 Å². The van der Waals surface area contributed by atoms with Crippen LogP contribution < -0.4 is 0 Å². The highest BCUT2D eigenvalue weighted by Gasteiger charge is 2.20. The molecule has 1 aromatic carbocycles. The number of halogens is 4. The lowest BCUT2D eigenvalue weighted by Gasteiger charge is -2.05. The van der Waals surface area contributed by atoms with Crippen molar-refractivity contribution < 1.29 is 18.0 Å². The molecule has 1 rings (SSSR count). The topological polar surface area (TPSA) is 17.1 Å². The average Bonchev–Trinajstić information content (AvgIpc) is 2.13. The third-order valence-electron chi connectivity index (χ3n) is 1.63. The second-order valence-corrected chi connectivity index (χ2v) is 3.21. The predicted octanol–water partition coefficient (Wildman–Crippen LogP) is 2.99. The molecule has 13 heavy (non-hydrogen) atoms. The van der Waals surface area contributed by atoms with Gasteiger partial charge in [-0.3, -0.25) is 4.79 Å². The Morgan fingerprint density at radius 1 is 1.15 bits per heavy atom. The van der Waals surface area contributed by atoms with Crippen LogP contribution in [0, 0.1) is 24.4 Å². The second-order valence-electron chi connectivity index (χ2n) is 2.41. The first-order valence-electron chi connectivity index (χ1n) is 3.28. The van der Waals surface area contributed by atoms with E-state index >= 15 is 0 Å². The summed E-state index contributed by atoms with van der Waals surface area (Å²) in [6.07, 6.45) is 0.134. The highest BCUT2D eigenvalue weighted by atomic mass is 79.9. The number of aldehydes is 1. The molecule has 0 amide bonds. The Balaban J connectivity index is 3.66. The summed E-state index contributed by atoms with van der Waals surface area (Å²) in [4.78, 5) is 10.3. The molecule has 1 aromatic rings. The molecule has 0 aliphatic heterocycles. The average molecular weight is 253 g/mol. The summed E-state index contributed by atoms with van der Waals surface area (Å²) in [6, 6.07) is 0. The van der Waals surface area contributed by atoms with Crippen LogP contribution in [0.1, 0.15) is 15.9 Å². The molecule has 0 unspecified atom stereocenters. The van der Waals surface area contributed by atoms with Gasteiger partial charge in [-0.15, -0.1) is 0 Å². The molecule has 0 fully saturated rings. The van der Waals surface area contributed by atoms with Gasteiger partial charge in [-0.25, -0.2) is 13.2 Å². The van der Waals surface area contributed by atoms with Crippen molar-refractivity contribution in [2.24, 2.45) is 0 Å². The van der Waals surface area contributed by atoms with Crippen molar-refractivity contribution >= 4 is 22.2 Å². The van der Waals surface area contributed by atoms with Crippen molar-refractivity contribution in [1.82, 2.24) is 0 Å². The van der Waals surface area contributed by atoms with Gasteiger partial charge >= 0.3 is 0 Å². The Hall–Kier alpha value is -0.840. The fraction of sp³-hybridized carbons (Fsp3) is 0.125. The normalized spacial score (nSPS) is 10.2. The maximum absolute atomic E-state index is 13.0. The van der Waals surface area contributed by atoms with Crippen LogP contribution in [0.5, 0.6) is 0 Å². The minimum Gasteiger partial charge on any atom is -0.298 e. The number of rotatable bonds is 1. The number of hydrogen-bond acceptors (Lipinski definition) is 1. The maximum Gasteiger partial charge on any atom is 0.174 e. The van der Waals surface area contributed by atoms with E-state index in [9.17, 15) is 18.0 Å². The standard InChI is InChI=1S/C8H4BrF3O/c1-3-6(10)4(2-13)5(9)8(12)7(3)11/h2H,1H3. The van der Waals surface area contributed by atoms with E-state index in [0.29, 0.717) is 0 Å². The first-order chi connectivity index (χ1) is 6.00. The van der Waals surface area contributed by atoms with Gasteiger partial charge in [0.15, 0.2) is 17.9 Å². The molecular weight excluding hydrogens is 249 g/mol. The molecule has 0 heterocycles. The molecule has 0 aromatic heterocycles.